The summed E-state index contributed by atoms with van der Waals surface area (Å²) in [7, 11) is 0. The van der Waals surface area contributed by atoms with Gasteiger partial charge in [-0.05, 0) is 48.6 Å². The van der Waals surface area contributed by atoms with Gasteiger partial charge in [0.25, 0.3) is 0 Å². The quantitative estimate of drug-likeness (QED) is 0.223. The average molecular weight is 500 g/mol. The second-order valence-corrected chi connectivity index (χ2v) is 11.4. The van der Waals surface area contributed by atoms with Gasteiger partial charge in [-0.3, -0.25) is 0 Å². The Morgan fingerprint density at radius 3 is 2.06 bits per heavy atom. The van der Waals surface area contributed by atoms with Crippen LogP contribution in [0.25, 0.3) is 0 Å². The molecule has 1 aromatic rings. The molecule has 3 rings (SSSR count). The summed E-state index contributed by atoms with van der Waals surface area (Å²) in [6.45, 7) is 6.91. The minimum absolute atomic E-state index is 0.567. The first kappa shape index (κ1) is 25.8. The summed E-state index contributed by atoms with van der Waals surface area (Å²) in [5, 5.41) is 0. The van der Waals surface area contributed by atoms with Crippen LogP contribution in [0.4, 0.5) is 0 Å². The number of unbranched alkanes of at least 4 members (excludes halogenated alkanes) is 10. The van der Waals surface area contributed by atoms with Gasteiger partial charge >= 0.3 is 0 Å². The van der Waals surface area contributed by atoms with Crippen LogP contribution in [0.3, 0.4) is 0 Å². The fraction of sp³-hybridized carbons (Fsp3) is 0.677. The van der Waals surface area contributed by atoms with E-state index in [1.807, 2.05) is 0 Å². The van der Waals surface area contributed by atoms with Crippen molar-refractivity contribution >= 4 is 15.9 Å². The standard InChI is InChI=1S/C31H47Br/c1-4-6-8-10-12-14-16-26-27(17-15-13-11-9-7-5-2)31-23-25(32)19-21-29(31)28-20-18-24(3)22-30(26)28/h18-23,26-27,29,31H,4-17H2,1-3H3/t26?,27?,29-,31?/m0/s1. The molecule has 1 aromatic carbocycles. The van der Waals surface area contributed by atoms with E-state index in [-0.39, 0.29) is 0 Å². The normalized spacial score (nSPS) is 24.2. The molecule has 4 atom stereocenters. The molecule has 0 radical (unpaired) electrons. The third-order valence-electron chi connectivity index (χ3n) is 8.00. The predicted octanol–water partition coefficient (Wildman–Crippen LogP) is 10.8. The van der Waals surface area contributed by atoms with Gasteiger partial charge in [0.2, 0.25) is 0 Å². The van der Waals surface area contributed by atoms with Crippen LogP contribution in [-0.2, 0) is 0 Å². The van der Waals surface area contributed by atoms with Crippen LogP contribution >= 0.6 is 15.9 Å². The molecule has 0 heterocycles. The fourth-order valence-corrected chi connectivity index (χ4v) is 6.71. The third kappa shape index (κ3) is 7.09. The third-order valence-corrected chi connectivity index (χ3v) is 8.53. The smallest absolute Gasteiger partial charge is 0.0135 e. The molecule has 178 valence electrons. The lowest BCUT2D eigenvalue weighted by molar-refractivity contribution is 0.242. The van der Waals surface area contributed by atoms with Crippen molar-refractivity contribution in [1.82, 2.24) is 0 Å². The lowest BCUT2D eigenvalue weighted by atomic mass is 9.60. The molecular formula is C31H47Br. The number of aryl methyl sites for hydroxylation is 1. The molecule has 0 saturated carbocycles. The van der Waals surface area contributed by atoms with Gasteiger partial charge in [0, 0.05) is 10.4 Å². The molecule has 0 aromatic heterocycles. The van der Waals surface area contributed by atoms with Crippen LogP contribution in [-0.4, -0.2) is 0 Å². The van der Waals surface area contributed by atoms with E-state index in [0.717, 1.165) is 11.8 Å². The van der Waals surface area contributed by atoms with Crippen molar-refractivity contribution in [2.24, 2.45) is 11.8 Å². The SMILES string of the molecule is CCCCCCCCC1c2cc(C)ccc2[C@@H]2C=CC(Br)=CC2C1CCCCCCCC. The Morgan fingerprint density at radius 2 is 1.38 bits per heavy atom. The van der Waals surface area contributed by atoms with Crippen molar-refractivity contribution < 1.29 is 0 Å². The second-order valence-electron chi connectivity index (χ2n) is 10.5. The number of benzene rings is 1. The lowest BCUT2D eigenvalue weighted by Crippen LogP contribution is -2.33. The largest absolute Gasteiger partial charge is 0.0753 e. The first-order valence-corrected chi connectivity index (χ1v) is 14.6. The van der Waals surface area contributed by atoms with E-state index in [1.165, 1.54) is 99.9 Å². The van der Waals surface area contributed by atoms with Crippen molar-refractivity contribution in [1.29, 1.82) is 0 Å². The molecule has 0 nitrogen and oxygen atoms in total. The number of fused-ring (bicyclic) bond motifs is 3. The average Bonchev–Trinajstić information content (AvgIpc) is 2.79. The molecule has 2 aliphatic rings. The first-order chi connectivity index (χ1) is 15.7. The van der Waals surface area contributed by atoms with Gasteiger partial charge in [-0.1, -0.05) is 149 Å². The second kappa shape index (κ2) is 13.8. The molecule has 0 bridgehead atoms. The zero-order valence-corrected chi connectivity index (χ0v) is 22.6. The molecule has 32 heavy (non-hydrogen) atoms. The lowest BCUT2D eigenvalue weighted by Gasteiger charge is -2.44. The number of rotatable bonds is 14. The van der Waals surface area contributed by atoms with Gasteiger partial charge in [-0.2, -0.15) is 0 Å². The van der Waals surface area contributed by atoms with E-state index in [4.69, 9.17) is 0 Å². The van der Waals surface area contributed by atoms with Crippen LogP contribution in [0.1, 0.15) is 132 Å². The highest BCUT2D eigenvalue weighted by molar-refractivity contribution is 9.11. The van der Waals surface area contributed by atoms with Crippen LogP contribution in [0, 0.1) is 18.8 Å². The molecule has 0 spiro atoms. The molecule has 2 aliphatic carbocycles. The summed E-state index contributed by atoms with van der Waals surface area (Å²) in [5.74, 6) is 2.74. The molecule has 0 saturated heterocycles. The van der Waals surface area contributed by atoms with E-state index in [2.05, 4.69) is 73.1 Å². The predicted molar refractivity (Wildman–Crippen MR) is 146 cm³/mol. The monoisotopic (exact) mass is 498 g/mol. The summed E-state index contributed by atoms with van der Waals surface area (Å²) >= 11 is 3.82. The maximum absolute atomic E-state index is 3.82. The number of halogens is 1. The van der Waals surface area contributed by atoms with Crippen molar-refractivity contribution in [3.8, 4) is 0 Å². The van der Waals surface area contributed by atoms with Crippen LogP contribution < -0.4 is 0 Å². The van der Waals surface area contributed by atoms with Gasteiger partial charge in [0.1, 0.15) is 0 Å². The van der Waals surface area contributed by atoms with Crippen molar-refractivity contribution in [3.05, 3.63) is 57.6 Å². The van der Waals surface area contributed by atoms with E-state index in [9.17, 15) is 0 Å². The Morgan fingerprint density at radius 1 is 0.750 bits per heavy atom. The first-order valence-electron chi connectivity index (χ1n) is 13.8. The summed E-state index contributed by atoms with van der Waals surface area (Å²) in [6, 6.07) is 7.34. The number of hydrogen-bond acceptors (Lipinski definition) is 0. The van der Waals surface area contributed by atoms with E-state index >= 15 is 0 Å². The Bertz CT molecular complexity index is 743. The highest BCUT2D eigenvalue weighted by Gasteiger charge is 2.41. The summed E-state index contributed by atoms with van der Waals surface area (Å²) in [5.41, 5.74) is 4.74. The summed E-state index contributed by atoms with van der Waals surface area (Å²) in [6.07, 6.45) is 26.9. The minimum Gasteiger partial charge on any atom is -0.0753 e. The fourth-order valence-electron chi connectivity index (χ4n) is 6.25. The van der Waals surface area contributed by atoms with Crippen LogP contribution in [0.15, 0.2) is 40.9 Å². The number of hydrogen-bond donors (Lipinski definition) is 0. The topological polar surface area (TPSA) is 0 Å². The van der Waals surface area contributed by atoms with E-state index in [0.29, 0.717) is 11.8 Å². The highest BCUT2D eigenvalue weighted by atomic mass is 79.9. The van der Waals surface area contributed by atoms with Gasteiger partial charge in [-0.15, -0.1) is 0 Å². The molecule has 3 unspecified atom stereocenters. The zero-order valence-electron chi connectivity index (χ0n) is 21.1. The molecule has 0 aliphatic heterocycles. The van der Waals surface area contributed by atoms with E-state index in [1.54, 1.807) is 11.1 Å². The Hall–Kier alpha value is -0.820. The number of allylic oxidation sites excluding steroid dienone is 4. The van der Waals surface area contributed by atoms with Crippen molar-refractivity contribution in [2.45, 2.75) is 122 Å². The van der Waals surface area contributed by atoms with Gasteiger partial charge < -0.3 is 0 Å². The van der Waals surface area contributed by atoms with Crippen LogP contribution in [0.2, 0.25) is 0 Å². The Kier molecular flexibility index (Phi) is 11.1. The van der Waals surface area contributed by atoms with Crippen molar-refractivity contribution in [2.75, 3.05) is 0 Å². The molecule has 0 amide bonds. The Balaban J connectivity index is 1.76. The van der Waals surface area contributed by atoms with Gasteiger partial charge in [-0.25, -0.2) is 0 Å². The zero-order chi connectivity index (χ0) is 22.8. The summed E-state index contributed by atoms with van der Waals surface area (Å²) < 4.78 is 1.29. The van der Waals surface area contributed by atoms with Gasteiger partial charge in [0.15, 0.2) is 0 Å². The maximum atomic E-state index is 3.82. The maximum Gasteiger partial charge on any atom is 0.0135 e. The summed E-state index contributed by atoms with van der Waals surface area (Å²) in [4.78, 5) is 0. The molecule has 1 heteroatoms. The van der Waals surface area contributed by atoms with Crippen molar-refractivity contribution in [3.63, 3.8) is 0 Å². The molecular weight excluding hydrogens is 452 g/mol. The minimum atomic E-state index is 0.567. The molecule has 0 fully saturated rings. The van der Waals surface area contributed by atoms with E-state index < -0.39 is 0 Å². The highest BCUT2D eigenvalue weighted by Crippen LogP contribution is 2.53. The van der Waals surface area contributed by atoms with Gasteiger partial charge in [0.05, 0.1) is 0 Å². The van der Waals surface area contributed by atoms with Crippen LogP contribution in [0.5, 0.6) is 0 Å². The Labute approximate surface area is 207 Å². The molecule has 0 N–H and O–H groups in total.